The Kier molecular flexibility index (Phi) is 6.39. The third-order valence-electron chi connectivity index (χ3n) is 4.58. The van der Waals surface area contributed by atoms with E-state index < -0.39 is 29.9 Å². The predicted octanol–water partition coefficient (Wildman–Crippen LogP) is 0.943. The van der Waals surface area contributed by atoms with Gasteiger partial charge in [-0.3, -0.25) is 19.7 Å². The molecule has 25 heavy (non-hydrogen) atoms. The molecule has 1 aliphatic heterocycles. The van der Waals surface area contributed by atoms with Crippen molar-refractivity contribution < 1.29 is 23.9 Å². The number of esters is 1. The molecule has 8 nitrogen and oxygen atoms in total. The van der Waals surface area contributed by atoms with Crippen molar-refractivity contribution in [2.24, 2.45) is 5.92 Å². The highest BCUT2D eigenvalue weighted by atomic mass is 16.5. The van der Waals surface area contributed by atoms with Gasteiger partial charge in [-0.05, 0) is 33.6 Å². The first-order chi connectivity index (χ1) is 11.8. The Hall–Kier alpha value is -2.12. The van der Waals surface area contributed by atoms with Crippen molar-refractivity contribution in [2.45, 2.75) is 71.1 Å². The lowest BCUT2D eigenvalue weighted by molar-refractivity contribution is -0.158. The maximum atomic E-state index is 12.2. The highest BCUT2D eigenvalue weighted by Crippen LogP contribution is 2.30. The fraction of sp³-hybridized carbons (Fsp3) is 0.765. The molecule has 0 bridgehead atoms. The summed E-state index contributed by atoms with van der Waals surface area (Å²) >= 11 is 0. The molecule has 0 radical (unpaired) electrons. The summed E-state index contributed by atoms with van der Waals surface area (Å²) in [6.45, 7) is 5.29. The third-order valence-corrected chi connectivity index (χ3v) is 4.58. The first-order valence-electron chi connectivity index (χ1n) is 8.89. The van der Waals surface area contributed by atoms with E-state index in [1.165, 1.54) is 6.92 Å². The Morgan fingerprint density at radius 1 is 1.16 bits per heavy atom. The van der Waals surface area contributed by atoms with Crippen LogP contribution in [-0.2, 0) is 19.1 Å². The van der Waals surface area contributed by atoms with Crippen molar-refractivity contribution >= 4 is 23.8 Å². The molecular formula is C17H27N3O5. The average molecular weight is 353 g/mol. The van der Waals surface area contributed by atoms with Gasteiger partial charge in [-0.1, -0.05) is 12.8 Å². The average Bonchev–Trinajstić information content (AvgIpc) is 3.14. The molecule has 1 heterocycles. The largest absolute Gasteiger partial charge is 0.452 e. The number of amides is 4. The van der Waals surface area contributed by atoms with Gasteiger partial charge in [-0.25, -0.2) is 4.79 Å². The Morgan fingerprint density at radius 3 is 2.40 bits per heavy atom. The van der Waals surface area contributed by atoms with Gasteiger partial charge in [0.25, 0.3) is 5.91 Å². The number of imide groups is 1. The number of urea groups is 1. The Balaban J connectivity index is 1.81. The highest BCUT2D eigenvalue weighted by Gasteiger charge is 2.40. The van der Waals surface area contributed by atoms with Gasteiger partial charge in [0.2, 0.25) is 5.91 Å². The van der Waals surface area contributed by atoms with E-state index in [0.717, 1.165) is 25.7 Å². The molecule has 2 N–H and O–H groups in total. The molecule has 140 valence electrons. The normalized spacial score (nSPS) is 22.2. The van der Waals surface area contributed by atoms with E-state index in [4.69, 9.17) is 4.74 Å². The Bertz CT molecular complexity index is 542. The molecule has 1 aliphatic carbocycles. The Morgan fingerprint density at radius 2 is 1.80 bits per heavy atom. The van der Waals surface area contributed by atoms with Crippen LogP contribution in [0.25, 0.3) is 0 Å². The van der Waals surface area contributed by atoms with Crippen LogP contribution in [0.3, 0.4) is 0 Å². The van der Waals surface area contributed by atoms with Gasteiger partial charge in [0, 0.05) is 25.0 Å². The van der Waals surface area contributed by atoms with Crippen molar-refractivity contribution in [3.05, 3.63) is 0 Å². The molecule has 1 saturated carbocycles. The van der Waals surface area contributed by atoms with Crippen LogP contribution in [-0.4, -0.2) is 53.4 Å². The smallest absolute Gasteiger partial charge is 0.321 e. The van der Waals surface area contributed by atoms with E-state index in [2.05, 4.69) is 10.6 Å². The van der Waals surface area contributed by atoms with E-state index in [1.54, 1.807) is 18.7 Å². The van der Waals surface area contributed by atoms with Crippen LogP contribution in [0.2, 0.25) is 0 Å². The van der Waals surface area contributed by atoms with Gasteiger partial charge in [-0.2, -0.15) is 0 Å². The van der Waals surface area contributed by atoms with Crippen molar-refractivity contribution in [1.29, 1.82) is 0 Å². The van der Waals surface area contributed by atoms with Crippen molar-refractivity contribution in [2.75, 3.05) is 6.54 Å². The van der Waals surface area contributed by atoms with Crippen molar-refractivity contribution in [3.8, 4) is 0 Å². The van der Waals surface area contributed by atoms with E-state index in [9.17, 15) is 19.2 Å². The lowest BCUT2D eigenvalue weighted by Crippen LogP contribution is -2.47. The monoisotopic (exact) mass is 353 g/mol. The molecule has 2 fully saturated rings. The zero-order chi connectivity index (χ0) is 18.6. The molecule has 4 amide bonds. The van der Waals surface area contributed by atoms with Gasteiger partial charge in [0.15, 0.2) is 6.10 Å². The minimum Gasteiger partial charge on any atom is -0.452 e. The molecule has 2 rings (SSSR count). The molecule has 0 aromatic heterocycles. The lowest BCUT2D eigenvalue weighted by atomic mass is 10.1. The summed E-state index contributed by atoms with van der Waals surface area (Å²) in [5.74, 6) is -1.83. The quantitative estimate of drug-likeness (QED) is 0.716. The third kappa shape index (κ3) is 5.17. The van der Waals surface area contributed by atoms with Crippen LogP contribution in [0, 0.1) is 5.92 Å². The fourth-order valence-corrected chi connectivity index (χ4v) is 3.29. The summed E-state index contributed by atoms with van der Waals surface area (Å²) in [6.07, 6.45) is 3.21. The second kappa shape index (κ2) is 8.31. The number of nitrogens with zero attached hydrogens (tertiary/aromatic N) is 1. The van der Waals surface area contributed by atoms with Crippen LogP contribution < -0.4 is 10.6 Å². The fourth-order valence-electron chi connectivity index (χ4n) is 3.29. The molecule has 0 aromatic carbocycles. The van der Waals surface area contributed by atoms with Crippen molar-refractivity contribution in [3.63, 3.8) is 0 Å². The number of carbonyl (C=O) groups excluding carboxylic acids is 4. The number of likely N-dealkylation sites (tertiary alicyclic amines) is 1. The molecule has 1 saturated heterocycles. The summed E-state index contributed by atoms with van der Waals surface area (Å²) in [5, 5.41) is 4.64. The standard InChI is InChI=1S/C17H27N3O5/c1-10(2)18-17(24)19-15(22)11(3)25-16(23)12-8-14(21)20(9-12)13-6-4-5-7-13/h10-13H,4-9H2,1-3H3,(H2,18,19,22,24)/t11-,12+/m1/s1. The SMILES string of the molecule is CC(C)NC(=O)NC(=O)[C@@H](C)OC(=O)[C@H]1CC(=O)N(C2CCCC2)C1. The predicted molar refractivity (Wildman–Crippen MR) is 89.4 cm³/mol. The summed E-state index contributed by atoms with van der Waals surface area (Å²) in [5.41, 5.74) is 0. The van der Waals surface area contributed by atoms with E-state index in [1.807, 2.05) is 0 Å². The number of nitrogens with one attached hydrogen (secondary N) is 2. The van der Waals surface area contributed by atoms with Crippen molar-refractivity contribution in [1.82, 2.24) is 15.5 Å². The number of hydrogen-bond acceptors (Lipinski definition) is 5. The summed E-state index contributed by atoms with van der Waals surface area (Å²) in [4.78, 5) is 49.6. The zero-order valence-electron chi connectivity index (χ0n) is 15.0. The minimum absolute atomic E-state index is 0.0257. The van der Waals surface area contributed by atoms with Gasteiger partial charge in [0.1, 0.15) is 0 Å². The number of rotatable bonds is 5. The molecule has 2 aliphatic rings. The Labute approximate surface area is 147 Å². The number of ether oxygens (including phenoxy) is 1. The summed E-state index contributed by atoms with van der Waals surface area (Å²) < 4.78 is 5.15. The molecular weight excluding hydrogens is 326 g/mol. The molecule has 2 atom stereocenters. The maximum Gasteiger partial charge on any atom is 0.321 e. The van der Waals surface area contributed by atoms with Crippen LogP contribution >= 0.6 is 0 Å². The highest BCUT2D eigenvalue weighted by molar-refractivity contribution is 5.97. The molecule has 0 unspecified atom stereocenters. The van der Waals surface area contributed by atoms with Crippen LogP contribution in [0.15, 0.2) is 0 Å². The van der Waals surface area contributed by atoms with E-state index >= 15 is 0 Å². The van der Waals surface area contributed by atoms with E-state index in [0.29, 0.717) is 6.54 Å². The molecule has 0 spiro atoms. The second-order valence-electron chi connectivity index (χ2n) is 7.08. The van der Waals surface area contributed by atoms with Crippen LogP contribution in [0.5, 0.6) is 0 Å². The topological polar surface area (TPSA) is 105 Å². The van der Waals surface area contributed by atoms with E-state index in [-0.39, 0.29) is 24.4 Å². The number of hydrogen-bond donors (Lipinski definition) is 2. The van der Waals surface area contributed by atoms with Crippen LogP contribution in [0.1, 0.15) is 52.9 Å². The maximum absolute atomic E-state index is 12.2. The molecule has 0 aromatic rings. The lowest BCUT2D eigenvalue weighted by Gasteiger charge is -2.24. The second-order valence-corrected chi connectivity index (χ2v) is 7.08. The van der Waals surface area contributed by atoms with Gasteiger partial charge < -0.3 is 15.0 Å². The van der Waals surface area contributed by atoms with Gasteiger partial charge in [-0.15, -0.1) is 0 Å². The van der Waals surface area contributed by atoms with Crippen LogP contribution in [0.4, 0.5) is 4.79 Å². The van der Waals surface area contributed by atoms with Gasteiger partial charge >= 0.3 is 12.0 Å². The van der Waals surface area contributed by atoms with Gasteiger partial charge in [0.05, 0.1) is 5.92 Å². The zero-order valence-corrected chi connectivity index (χ0v) is 15.0. The summed E-state index contributed by atoms with van der Waals surface area (Å²) in [6, 6.07) is -0.520. The number of carbonyl (C=O) groups is 4. The first-order valence-corrected chi connectivity index (χ1v) is 8.89. The summed E-state index contributed by atoms with van der Waals surface area (Å²) in [7, 11) is 0. The molecule has 8 heteroatoms. The first kappa shape index (κ1) is 19.2. The minimum atomic E-state index is -1.10.